The van der Waals surface area contributed by atoms with Crippen molar-refractivity contribution in [2.75, 3.05) is 45.2 Å². The summed E-state index contributed by atoms with van der Waals surface area (Å²) < 4.78 is 11.0. The highest BCUT2D eigenvalue weighted by molar-refractivity contribution is 5.93. The highest BCUT2D eigenvalue weighted by Crippen LogP contribution is 2.32. The molecular weight excluding hydrogens is 370 g/mol. The minimum atomic E-state index is -0.179. The molecule has 29 heavy (non-hydrogen) atoms. The summed E-state index contributed by atoms with van der Waals surface area (Å²) in [6.45, 7) is 4.41. The molecule has 0 atom stereocenters. The maximum absolute atomic E-state index is 12.5. The average Bonchev–Trinajstić information content (AvgIpc) is 2.73. The van der Waals surface area contributed by atoms with Crippen LogP contribution in [0.4, 0.5) is 5.69 Å². The normalized spacial score (nSPS) is 12.5. The number of anilines is 1. The number of hydrogen-bond donors (Lipinski definition) is 1. The van der Waals surface area contributed by atoms with Gasteiger partial charge in [-0.05, 0) is 24.2 Å². The van der Waals surface area contributed by atoms with E-state index in [2.05, 4.69) is 5.32 Å². The Morgan fingerprint density at radius 2 is 1.72 bits per heavy atom. The molecule has 1 aliphatic rings. The SMILES string of the molecule is CCN(CC(=O)Nc1ccc2c(c1)OCCO2)CC(=O)N(C)Cc1ccccc1. The second-order valence-corrected chi connectivity index (χ2v) is 6.95. The van der Waals surface area contributed by atoms with Crippen molar-refractivity contribution in [2.24, 2.45) is 0 Å². The molecule has 0 aromatic heterocycles. The first-order valence-electron chi connectivity index (χ1n) is 9.75. The van der Waals surface area contributed by atoms with Crippen LogP contribution in [0.15, 0.2) is 48.5 Å². The number of rotatable bonds is 8. The number of benzene rings is 2. The smallest absolute Gasteiger partial charge is 0.238 e. The maximum Gasteiger partial charge on any atom is 0.238 e. The number of ether oxygens (including phenoxy) is 2. The number of nitrogens with zero attached hydrogens (tertiary/aromatic N) is 2. The van der Waals surface area contributed by atoms with Gasteiger partial charge in [0, 0.05) is 25.3 Å². The first-order valence-corrected chi connectivity index (χ1v) is 9.75. The Hall–Kier alpha value is -3.06. The van der Waals surface area contributed by atoms with Crippen LogP contribution in [-0.2, 0) is 16.1 Å². The summed E-state index contributed by atoms with van der Waals surface area (Å²) in [6, 6.07) is 15.1. The molecule has 0 aliphatic carbocycles. The maximum atomic E-state index is 12.5. The van der Waals surface area contributed by atoms with Crippen LogP contribution in [0.3, 0.4) is 0 Å². The number of carbonyl (C=O) groups is 2. The van der Waals surface area contributed by atoms with Crippen LogP contribution in [0.2, 0.25) is 0 Å². The zero-order chi connectivity index (χ0) is 20.6. The molecular formula is C22H27N3O4. The van der Waals surface area contributed by atoms with Gasteiger partial charge in [-0.2, -0.15) is 0 Å². The summed E-state index contributed by atoms with van der Waals surface area (Å²) in [4.78, 5) is 28.5. The van der Waals surface area contributed by atoms with E-state index in [1.54, 1.807) is 30.1 Å². The van der Waals surface area contributed by atoms with Crippen molar-refractivity contribution in [3.8, 4) is 11.5 Å². The highest BCUT2D eigenvalue weighted by Gasteiger charge is 2.17. The van der Waals surface area contributed by atoms with Gasteiger partial charge in [-0.25, -0.2) is 0 Å². The lowest BCUT2D eigenvalue weighted by molar-refractivity contribution is -0.132. The lowest BCUT2D eigenvalue weighted by atomic mass is 10.2. The molecule has 3 rings (SSSR count). The van der Waals surface area contributed by atoms with Crippen LogP contribution in [0.25, 0.3) is 0 Å². The van der Waals surface area contributed by atoms with Crippen molar-refractivity contribution < 1.29 is 19.1 Å². The summed E-state index contributed by atoms with van der Waals surface area (Å²) in [5.74, 6) is 1.10. The Bertz CT molecular complexity index is 841. The van der Waals surface area contributed by atoms with E-state index in [-0.39, 0.29) is 24.9 Å². The zero-order valence-electron chi connectivity index (χ0n) is 16.9. The summed E-state index contributed by atoms with van der Waals surface area (Å²) >= 11 is 0. The van der Waals surface area contributed by atoms with Crippen LogP contribution >= 0.6 is 0 Å². The van der Waals surface area contributed by atoms with Crippen LogP contribution in [-0.4, -0.2) is 61.5 Å². The number of fused-ring (bicyclic) bond motifs is 1. The second kappa shape index (κ2) is 9.93. The van der Waals surface area contributed by atoms with Gasteiger partial charge in [0.05, 0.1) is 13.1 Å². The van der Waals surface area contributed by atoms with Crippen molar-refractivity contribution in [3.63, 3.8) is 0 Å². The molecule has 0 spiro atoms. The minimum absolute atomic E-state index is 0.0252. The van der Waals surface area contributed by atoms with E-state index in [0.717, 1.165) is 5.56 Å². The molecule has 7 heteroatoms. The third-order valence-corrected chi connectivity index (χ3v) is 4.69. The summed E-state index contributed by atoms with van der Waals surface area (Å²) in [6.07, 6.45) is 0. The number of likely N-dealkylation sites (N-methyl/N-ethyl adjacent to an activating group) is 2. The van der Waals surface area contributed by atoms with Crippen molar-refractivity contribution in [1.82, 2.24) is 9.80 Å². The molecule has 2 aromatic carbocycles. The molecule has 0 fully saturated rings. The van der Waals surface area contributed by atoms with Gasteiger partial charge in [-0.3, -0.25) is 14.5 Å². The van der Waals surface area contributed by atoms with Crippen LogP contribution in [0, 0.1) is 0 Å². The quantitative estimate of drug-likeness (QED) is 0.741. The molecule has 0 radical (unpaired) electrons. The van der Waals surface area contributed by atoms with Crippen LogP contribution < -0.4 is 14.8 Å². The Morgan fingerprint density at radius 1 is 1.00 bits per heavy atom. The summed E-state index contributed by atoms with van der Waals surface area (Å²) in [7, 11) is 1.78. The Labute approximate surface area is 171 Å². The van der Waals surface area contributed by atoms with Crippen LogP contribution in [0.5, 0.6) is 11.5 Å². The molecule has 2 aromatic rings. The Kier molecular flexibility index (Phi) is 7.08. The molecule has 2 amide bonds. The van der Waals surface area contributed by atoms with E-state index in [1.165, 1.54) is 0 Å². The fourth-order valence-corrected chi connectivity index (χ4v) is 3.06. The predicted molar refractivity (Wildman–Crippen MR) is 111 cm³/mol. The summed E-state index contributed by atoms with van der Waals surface area (Å²) in [5, 5.41) is 2.86. The van der Waals surface area contributed by atoms with Gasteiger partial charge < -0.3 is 19.7 Å². The van der Waals surface area contributed by atoms with E-state index in [4.69, 9.17) is 9.47 Å². The third kappa shape index (κ3) is 5.96. The number of nitrogens with one attached hydrogen (secondary N) is 1. The van der Waals surface area contributed by atoms with Gasteiger partial charge in [-0.1, -0.05) is 37.3 Å². The molecule has 7 nitrogen and oxygen atoms in total. The third-order valence-electron chi connectivity index (χ3n) is 4.69. The Morgan fingerprint density at radius 3 is 2.45 bits per heavy atom. The van der Waals surface area contributed by atoms with Gasteiger partial charge in [0.25, 0.3) is 0 Å². The van der Waals surface area contributed by atoms with Gasteiger partial charge in [0.1, 0.15) is 13.2 Å². The number of amides is 2. The largest absolute Gasteiger partial charge is 0.486 e. The van der Waals surface area contributed by atoms with E-state index in [9.17, 15) is 9.59 Å². The summed E-state index contributed by atoms with van der Waals surface area (Å²) in [5.41, 5.74) is 1.71. The van der Waals surface area contributed by atoms with Crippen molar-refractivity contribution >= 4 is 17.5 Å². The molecule has 154 valence electrons. The van der Waals surface area contributed by atoms with E-state index in [1.807, 2.05) is 42.2 Å². The van der Waals surface area contributed by atoms with Gasteiger partial charge in [0.15, 0.2) is 11.5 Å². The van der Waals surface area contributed by atoms with Crippen molar-refractivity contribution in [3.05, 3.63) is 54.1 Å². The monoisotopic (exact) mass is 397 g/mol. The van der Waals surface area contributed by atoms with Gasteiger partial charge >= 0.3 is 0 Å². The van der Waals surface area contributed by atoms with Gasteiger partial charge in [-0.15, -0.1) is 0 Å². The fourth-order valence-electron chi connectivity index (χ4n) is 3.06. The minimum Gasteiger partial charge on any atom is -0.486 e. The Balaban J connectivity index is 1.51. The second-order valence-electron chi connectivity index (χ2n) is 6.95. The van der Waals surface area contributed by atoms with Crippen molar-refractivity contribution in [2.45, 2.75) is 13.5 Å². The number of carbonyl (C=O) groups excluding carboxylic acids is 2. The molecule has 1 aliphatic heterocycles. The molecule has 1 heterocycles. The molecule has 1 N–H and O–H groups in total. The average molecular weight is 397 g/mol. The fraction of sp³-hybridized carbons (Fsp3) is 0.364. The van der Waals surface area contributed by atoms with Crippen LogP contribution in [0.1, 0.15) is 12.5 Å². The van der Waals surface area contributed by atoms with E-state index >= 15 is 0 Å². The van der Waals surface area contributed by atoms with E-state index in [0.29, 0.717) is 43.5 Å². The van der Waals surface area contributed by atoms with Crippen molar-refractivity contribution in [1.29, 1.82) is 0 Å². The topological polar surface area (TPSA) is 71.1 Å². The first kappa shape index (κ1) is 20.7. The number of hydrogen-bond acceptors (Lipinski definition) is 5. The van der Waals surface area contributed by atoms with E-state index < -0.39 is 0 Å². The highest BCUT2D eigenvalue weighted by atomic mass is 16.6. The first-order chi connectivity index (χ1) is 14.0. The predicted octanol–water partition coefficient (Wildman–Crippen LogP) is 2.38. The molecule has 0 saturated carbocycles. The zero-order valence-corrected chi connectivity index (χ0v) is 16.9. The molecule has 0 bridgehead atoms. The lowest BCUT2D eigenvalue weighted by Crippen LogP contribution is -2.41. The lowest BCUT2D eigenvalue weighted by Gasteiger charge is -2.24. The molecule has 0 unspecified atom stereocenters. The van der Waals surface area contributed by atoms with Gasteiger partial charge in [0.2, 0.25) is 11.8 Å². The molecule has 0 saturated heterocycles. The standard InChI is InChI=1S/C22H27N3O4/c1-3-25(16-22(27)24(2)14-17-7-5-4-6-8-17)15-21(26)23-18-9-10-19-20(13-18)29-12-11-28-19/h4-10,13H,3,11-12,14-16H2,1-2H3,(H,23,26).